The molecule has 1 amide bonds. The molecule has 2 nitrogen and oxygen atoms in total. The van der Waals surface area contributed by atoms with Crippen LogP contribution in [0.4, 0.5) is 0 Å². The standard InChI is InChI=1S/C16H25NO/c1-16(2)6-5-11(8-16)17-15(18)14-12-9-3-4-10(7-9)13(12)14/h9-14H,3-8H2,1-2H3,(H,17,18). The third-order valence-electron chi connectivity index (χ3n) is 6.35. The molecule has 1 N–H and O–H groups in total. The normalized spacial score (nSPS) is 51.2. The molecule has 0 aromatic heterocycles. The molecule has 4 fully saturated rings. The maximum atomic E-state index is 12.4. The number of hydrogen-bond donors (Lipinski definition) is 1. The van der Waals surface area contributed by atoms with E-state index >= 15 is 0 Å². The monoisotopic (exact) mass is 247 g/mol. The van der Waals surface area contributed by atoms with Gasteiger partial charge in [-0.15, -0.1) is 0 Å². The Morgan fingerprint density at radius 2 is 1.78 bits per heavy atom. The van der Waals surface area contributed by atoms with Crippen molar-refractivity contribution in [3.8, 4) is 0 Å². The first-order valence-electron chi connectivity index (χ1n) is 7.85. The van der Waals surface area contributed by atoms with E-state index in [2.05, 4.69) is 19.2 Å². The quantitative estimate of drug-likeness (QED) is 0.798. The molecule has 0 heterocycles. The third kappa shape index (κ3) is 1.57. The molecule has 2 bridgehead atoms. The van der Waals surface area contributed by atoms with Crippen molar-refractivity contribution in [1.29, 1.82) is 0 Å². The average molecular weight is 247 g/mol. The molecule has 0 saturated heterocycles. The zero-order valence-electron chi connectivity index (χ0n) is 11.6. The Bertz CT molecular complexity index is 373. The summed E-state index contributed by atoms with van der Waals surface area (Å²) in [6, 6.07) is 0.464. The maximum Gasteiger partial charge on any atom is 0.223 e. The lowest BCUT2D eigenvalue weighted by Gasteiger charge is -2.18. The molecular weight excluding hydrogens is 222 g/mol. The molecule has 4 aliphatic rings. The lowest BCUT2D eigenvalue weighted by molar-refractivity contribution is -0.124. The summed E-state index contributed by atoms with van der Waals surface area (Å²) in [5.74, 6) is 4.23. The van der Waals surface area contributed by atoms with Crippen LogP contribution < -0.4 is 5.32 Å². The van der Waals surface area contributed by atoms with Crippen LogP contribution in [-0.4, -0.2) is 11.9 Å². The Kier molecular flexibility index (Phi) is 2.21. The van der Waals surface area contributed by atoms with E-state index in [-0.39, 0.29) is 0 Å². The Morgan fingerprint density at radius 3 is 2.33 bits per heavy atom. The highest BCUT2D eigenvalue weighted by atomic mass is 16.2. The minimum atomic E-state index is 0.407. The Balaban J connectivity index is 1.36. The van der Waals surface area contributed by atoms with Gasteiger partial charge in [-0.3, -0.25) is 4.79 Å². The number of amides is 1. The number of fused-ring (bicyclic) bond motifs is 5. The lowest BCUT2D eigenvalue weighted by Crippen LogP contribution is -2.36. The predicted molar refractivity (Wildman–Crippen MR) is 70.9 cm³/mol. The van der Waals surface area contributed by atoms with Crippen LogP contribution in [0.1, 0.15) is 52.4 Å². The molecule has 4 saturated carbocycles. The molecule has 4 aliphatic carbocycles. The third-order valence-corrected chi connectivity index (χ3v) is 6.35. The molecular formula is C16H25NO. The predicted octanol–water partition coefficient (Wildman–Crippen LogP) is 2.97. The molecule has 100 valence electrons. The molecule has 0 aliphatic heterocycles. The molecule has 2 heteroatoms. The van der Waals surface area contributed by atoms with Crippen molar-refractivity contribution < 1.29 is 4.79 Å². The molecule has 4 rings (SSSR count). The summed E-state index contributed by atoms with van der Waals surface area (Å²) < 4.78 is 0. The number of nitrogens with one attached hydrogen (secondary N) is 1. The fraction of sp³-hybridized carbons (Fsp3) is 0.938. The number of carbonyl (C=O) groups is 1. The summed E-state index contributed by atoms with van der Waals surface area (Å²) in [6.07, 6.45) is 7.88. The lowest BCUT2D eigenvalue weighted by atomic mass is 9.92. The number of carbonyl (C=O) groups excluding carboxylic acids is 1. The van der Waals surface area contributed by atoms with Crippen LogP contribution >= 0.6 is 0 Å². The van der Waals surface area contributed by atoms with Gasteiger partial charge in [0, 0.05) is 12.0 Å². The van der Waals surface area contributed by atoms with Crippen LogP contribution in [0.15, 0.2) is 0 Å². The van der Waals surface area contributed by atoms with Gasteiger partial charge in [-0.1, -0.05) is 13.8 Å². The van der Waals surface area contributed by atoms with Crippen molar-refractivity contribution in [3.63, 3.8) is 0 Å². The number of rotatable bonds is 2. The first-order valence-corrected chi connectivity index (χ1v) is 7.85. The summed E-state index contributed by atoms with van der Waals surface area (Å²) in [6.45, 7) is 4.65. The molecule has 0 radical (unpaired) electrons. The van der Waals surface area contributed by atoms with E-state index in [9.17, 15) is 4.79 Å². The van der Waals surface area contributed by atoms with Gasteiger partial charge in [0.1, 0.15) is 0 Å². The van der Waals surface area contributed by atoms with E-state index in [0.29, 0.717) is 23.3 Å². The van der Waals surface area contributed by atoms with Gasteiger partial charge in [-0.2, -0.15) is 0 Å². The van der Waals surface area contributed by atoms with Gasteiger partial charge in [-0.05, 0) is 67.6 Å². The zero-order valence-corrected chi connectivity index (χ0v) is 11.6. The summed E-state index contributed by atoms with van der Waals surface area (Å²) in [5, 5.41) is 3.35. The van der Waals surface area contributed by atoms with Gasteiger partial charge in [0.2, 0.25) is 5.91 Å². The highest BCUT2D eigenvalue weighted by Crippen LogP contribution is 2.69. The fourth-order valence-corrected chi connectivity index (χ4v) is 5.53. The Hall–Kier alpha value is -0.530. The van der Waals surface area contributed by atoms with Crippen molar-refractivity contribution >= 4 is 5.91 Å². The topological polar surface area (TPSA) is 29.1 Å². The van der Waals surface area contributed by atoms with Crippen LogP contribution in [0.2, 0.25) is 0 Å². The van der Waals surface area contributed by atoms with Crippen LogP contribution in [0.25, 0.3) is 0 Å². The molecule has 0 aromatic carbocycles. The van der Waals surface area contributed by atoms with Gasteiger partial charge < -0.3 is 5.32 Å². The first kappa shape index (κ1) is 11.3. The minimum Gasteiger partial charge on any atom is -0.353 e. The fourth-order valence-electron chi connectivity index (χ4n) is 5.53. The van der Waals surface area contributed by atoms with E-state index in [1.165, 1.54) is 38.5 Å². The second kappa shape index (κ2) is 3.52. The average Bonchev–Trinajstić information content (AvgIpc) is 2.60. The van der Waals surface area contributed by atoms with Gasteiger partial charge in [0.05, 0.1) is 0 Å². The minimum absolute atomic E-state index is 0.407. The summed E-state index contributed by atoms with van der Waals surface area (Å²) in [5.41, 5.74) is 0.441. The van der Waals surface area contributed by atoms with Crippen molar-refractivity contribution in [2.45, 2.75) is 58.4 Å². The first-order chi connectivity index (χ1) is 8.55. The maximum absolute atomic E-state index is 12.4. The summed E-state index contributed by atoms with van der Waals surface area (Å²) in [7, 11) is 0. The van der Waals surface area contributed by atoms with Crippen molar-refractivity contribution in [2.75, 3.05) is 0 Å². The molecule has 5 atom stereocenters. The highest BCUT2D eigenvalue weighted by molar-refractivity contribution is 5.83. The Labute approximate surface area is 110 Å². The zero-order chi connectivity index (χ0) is 12.5. The molecule has 0 spiro atoms. The van der Waals surface area contributed by atoms with E-state index in [4.69, 9.17) is 0 Å². The van der Waals surface area contributed by atoms with E-state index in [0.717, 1.165) is 23.7 Å². The van der Waals surface area contributed by atoms with Crippen molar-refractivity contribution in [2.24, 2.45) is 35.0 Å². The summed E-state index contributed by atoms with van der Waals surface area (Å²) >= 11 is 0. The van der Waals surface area contributed by atoms with E-state index < -0.39 is 0 Å². The van der Waals surface area contributed by atoms with Crippen molar-refractivity contribution in [3.05, 3.63) is 0 Å². The van der Waals surface area contributed by atoms with E-state index in [1.54, 1.807) is 0 Å². The second-order valence-corrected chi connectivity index (χ2v) is 8.13. The summed E-state index contributed by atoms with van der Waals surface area (Å²) in [4.78, 5) is 12.4. The van der Waals surface area contributed by atoms with Crippen LogP contribution in [0.3, 0.4) is 0 Å². The Morgan fingerprint density at radius 1 is 1.11 bits per heavy atom. The molecule has 0 aromatic rings. The highest BCUT2D eigenvalue weighted by Gasteiger charge is 2.67. The number of hydrogen-bond acceptors (Lipinski definition) is 1. The van der Waals surface area contributed by atoms with E-state index in [1.807, 2.05) is 0 Å². The van der Waals surface area contributed by atoms with Gasteiger partial charge >= 0.3 is 0 Å². The van der Waals surface area contributed by atoms with Gasteiger partial charge in [0.15, 0.2) is 0 Å². The van der Waals surface area contributed by atoms with Crippen LogP contribution in [-0.2, 0) is 4.79 Å². The van der Waals surface area contributed by atoms with Crippen LogP contribution in [0, 0.1) is 35.0 Å². The molecule has 18 heavy (non-hydrogen) atoms. The largest absolute Gasteiger partial charge is 0.353 e. The van der Waals surface area contributed by atoms with Crippen molar-refractivity contribution in [1.82, 2.24) is 5.32 Å². The van der Waals surface area contributed by atoms with Crippen LogP contribution in [0.5, 0.6) is 0 Å². The smallest absolute Gasteiger partial charge is 0.223 e. The molecule has 5 unspecified atom stereocenters. The van der Waals surface area contributed by atoms with Gasteiger partial charge in [-0.25, -0.2) is 0 Å². The second-order valence-electron chi connectivity index (χ2n) is 8.13. The van der Waals surface area contributed by atoms with Gasteiger partial charge in [0.25, 0.3) is 0 Å². The SMILES string of the molecule is CC1(C)CCC(NC(=O)C2C3C4CCC(C4)C23)C1.